The lowest BCUT2D eigenvalue weighted by molar-refractivity contribution is 0.399. The van der Waals surface area contributed by atoms with E-state index in [1.165, 1.54) is 18.2 Å². The zero-order chi connectivity index (χ0) is 12.8. The lowest BCUT2D eigenvalue weighted by Crippen LogP contribution is -2.30. The minimum absolute atomic E-state index is 0.134. The van der Waals surface area contributed by atoms with Gasteiger partial charge in [0.05, 0.1) is 0 Å². The van der Waals surface area contributed by atoms with E-state index in [1.54, 1.807) is 0 Å². The third-order valence-corrected chi connectivity index (χ3v) is 2.88. The van der Waals surface area contributed by atoms with Crippen LogP contribution in [0.5, 0.6) is 0 Å². The van der Waals surface area contributed by atoms with Crippen LogP contribution >= 0.6 is 0 Å². The Labute approximate surface area is 102 Å². The molecule has 1 unspecified atom stereocenters. The van der Waals surface area contributed by atoms with Crippen LogP contribution in [0.3, 0.4) is 0 Å². The van der Waals surface area contributed by atoms with Gasteiger partial charge in [0.1, 0.15) is 11.6 Å². The van der Waals surface area contributed by atoms with Crippen molar-refractivity contribution >= 4 is 0 Å². The molecule has 3 heteroatoms. The van der Waals surface area contributed by atoms with Crippen LogP contribution in [0.1, 0.15) is 39.2 Å². The van der Waals surface area contributed by atoms with E-state index >= 15 is 0 Å². The van der Waals surface area contributed by atoms with E-state index < -0.39 is 11.6 Å². The lowest BCUT2D eigenvalue weighted by Gasteiger charge is -2.19. The maximum absolute atomic E-state index is 13.4. The van der Waals surface area contributed by atoms with Crippen LogP contribution in [-0.4, -0.2) is 6.04 Å². The van der Waals surface area contributed by atoms with E-state index in [2.05, 4.69) is 26.1 Å². The Kier molecular flexibility index (Phi) is 5.56. The minimum Gasteiger partial charge on any atom is -0.310 e. The maximum Gasteiger partial charge on any atom is 0.130 e. The number of hydrogen-bond donors (Lipinski definition) is 1. The van der Waals surface area contributed by atoms with Gasteiger partial charge in [-0.05, 0) is 30.9 Å². The predicted molar refractivity (Wildman–Crippen MR) is 66.7 cm³/mol. The van der Waals surface area contributed by atoms with Crippen LogP contribution < -0.4 is 5.32 Å². The highest BCUT2D eigenvalue weighted by Crippen LogP contribution is 2.13. The van der Waals surface area contributed by atoms with Gasteiger partial charge in [0.25, 0.3) is 0 Å². The Morgan fingerprint density at radius 1 is 1.18 bits per heavy atom. The van der Waals surface area contributed by atoms with E-state index in [9.17, 15) is 8.78 Å². The van der Waals surface area contributed by atoms with Gasteiger partial charge in [-0.1, -0.05) is 26.8 Å². The molecular formula is C14H21F2N. The molecule has 1 atom stereocenters. The topological polar surface area (TPSA) is 12.0 Å². The molecule has 1 nitrogen and oxygen atoms in total. The Bertz CT molecular complexity index is 330. The highest BCUT2D eigenvalue weighted by atomic mass is 19.1. The van der Waals surface area contributed by atoms with Crippen LogP contribution in [-0.2, 0) is 6.54 Å². The van der Waals surface area contributed by atoms with E-state index in [-0.39, 0.29) is 12.1 Å². The molecule has 0 bridgehead atoms. The number of benzene rings is 1. The molecule has 0 radical (unpaired) electrons. The summed E-state index contributed by atoms with van der Waals surface area (Å²) in [4.78, 5) is 0. The summed E-state index contributed by atoms with van der Waals surface area (Å²) in [6, 6.07) is 4.29. The quantitative estimate of drug-likeness (QED) is 0.797. The van der Waals surface area contributed by atoms with Gasteiger partial charge in [0.2, 0.25) is 0 Å². The SMILES string of the molecule is CCC(CC(C)C)NCc1c(F)cccc1F. The van der Waals surface area contributed by atoms with Crippen LogP contribution in [0.15, 0.2) is 18.2 Å². The van der Waals surface area contributed by atoms with Gasteiger partial charge in [0.15, 0.2) is 0 Å². The second-order valence-electron chi connectivity index (χ2n) is 4.82. The fraction of sp³-hybridized carbons (Fsp3) is 0.571. The first kappa shape index (κ1) is 14.1. The van der Waals surface area contributed by atoms with Gasteiger partial charge in [-0.15, -0.1) is 0 Å². The van der Waals surface area contributed by atoms with Gasteiger partial charge >= 0.3 is 0 Å². The lowest BCUT2D eigenvalue weighted by atomic mass is 10.0. The molecule has 0 saturated carbocycles. The van der Waals surface area contributed by atoms with E-state index in [0.29, 0.717) is 12.0 Å². The van der Waals surface area contributed by atoms with Crippen LogP contribution in [0, 0.1) is 17.6 Å². The summed E-state index contributed by atoms with van der Waals surface area (Å²) in [7, 11) is 0. The highest BCUT2D eigenvalue weighted by molar-refractivity contribution is 5.19. The van der Waals surface area contributed by atoms with Gasteiger partial charge in [0, 0.05) is 18.2 Å². The molecule has 0 fully saturated rings. The average molecular weight is 241 g/mol. The molecule has 1 rings (SSSR count). The summed E-state index contributed by atoms with van der Waals surface area (Å²) in [5.41, 5.74) is 0.134. The van der Waals surface area contributed by atoms with Crippen molar-refractivity contribution < 1.29 is 8.78 Å². The normalized spacial score (nSPS) is 13.1. The molecular weight excluding hydrogens is 220 g/mol. The molecule has 0 aliphatic heterocycles. The third kappa shape index (κ3) is 4.43. The Balaban J connectivity index is 2.59. The fourth-order valence-corrected chi connectivity index (χ4v) is 1.91. The fourth-order valence-electron chi connectivity index (χ4n) is 1.91. The zero-order valence-electron chi connectivity index (χ0n) is 10.8. The first-order chi connectivity index (χ1) is 8.04. The molecule has 0 aromatic heterocycles. The number of nitrogens with one attached hydrogen (secondary N) is 1. The largest absolute Gasteiger partial charge is 0.310 e. The molecule has 0 amide bonds. The van der Waals surface area contributed by atoms with Gasteiger partial charge in [-0.25, -0.2) is 8.78 Å². The second kappa shape index (κ2) is 6.70. The summed E-state index contributed by atoms with van der Waals surface area (Å²) in [6.45, 7) is 6.63. The van der Waals surface area contributed by atoms with E-state index in [4.69, 9.17) is 0 Å². The molecule has 1 aromatic rings. The molecule has 0 aliphatic carbocycles. The highest BCUT2D eigenvalue weighted by Gasteiger charge is 2.12. The molecule has 0 saturated heterocycles. The van der Waals surface area contributed by atoms with Crippen molar-refractivity contribution in [3.05, 3.63) is 35.4 Å². The smallest absolute Gasteiger partial charge is 0.130 e. The van der Waals surface area contributed by atoms with Crippen molar-refractivity contribution in [3.63, 3.8) is 0 Å². The summed E-state index contributed by atoms with van der Waals surface area (Å²) in [5.74, 6) is -0.369. The van der Waals surface area contributed by atoms with E-state index in [1.807, 2.05) is 0 Å². The zero-order valence-corrected chi connectivity index (χ0v) is 10.8. The van der Waals surface area contributed by atoms with Crippen molar-refractivity contribution in [2.45, 2.75) is 46.2 Å². The van der Waals surface area contributed by atoms with Gasteiger partial charge in [-0.3, -0.25) is 0 Å². The summed E-state index contributed by atoms with van der Waals surface area (Å²) >= 11 is 0. The van der Waals surface area contributed by atoms with Crippen molar-refractivity contribution in [1.29, 1.82) is 0 Å². The van der Waals surface area contributed by atoms with Gasteiger partial charge < -0.3 is 5.32 Å². The number of hydrogen-bond acceptors (Lipinski definition) is 1. The molecule has 96 valence electrons. The van der Waals surface area contributed by atoms with E-state index in [0.717, 1.165) is 12.8 Å². The maximum atomic E-state index is 13.4. The summed E-state index contributed by atoms with van der Waals surface area (Å²) in [6.07, 6.45) is 1.99. The Hall–Kier alpha value is -0.960. The minimum atomic E-state index is -0.475. The van der Waals surface area contributed by atoms with Crippen molar-refractivity contribution in [2.24, 2.45) is 5.92 Å². The first-order valence-corrected chi connectivity index (χ1v) is 6.20. The molecule has 1 aromatic carbocycles. The van der Waals surface area contributed by atoms with Crippen LogP contribution in [0.2, 0.25) is 0 Å². The van der Waals surface area contributed by atoms with Crippen molar-refractivity contribution in [3.8, 4) is 0 Å². The predicted octanol–water partition coefficient (Wildman–Crippen LogP) is 3.88. The van der Waals surface area contributed by atoms with Crippen LogP contribution in [0.25, 0.3) is 0 Å². The Morgan fingerprint density at radius 3 is 2.24 bits per heavy atom. The molecule has 0 aliphatic rings. The summed E-state index contributed by atoms with van der Waals surface area (Å²) in [5, 5.41) is 3.22. The average Bonchev–Trinajstić information content (AvgIpc) is 2.26. The van der Waals surface area contributed by atoms with Crippen molar-refractivity contribution in [2.75, 3.05) is 0 Å². The number of halogens is 2. The van der Waals surface area contributed by atoms with Crippen LogP contribution in [0.4, 0.5) is 8.78 Å². The van der Waals surface area contributed by atoms with Gasteiger partial charge in [-0.2, -0.15) is 0 Å². The summed E-state index contributed by atoms with van der Waals surface area (Å²) < 4.78 is 26.8. The molecule has 0 spiro atoms. The molecule has 0 heterocycles. The monoisotopic (exact) mass is 241 g/mol. The third-order valence-electron chi connectivity index (χ3n) is 2.88. The number of rotatable bonds is 6. The first-order valence-electron chi connectivity index (χ1n) is 6.20. The Morgan fingerprint density at radius 2 is 1.76 bits per heavy atom. The standard InChI is InChI=1S/C14H21F2N/c1-4-11(8-10(2)3)17-9-12-13(15)6-5-7-14(12)16/h5-7,10-11,17H,4,8-9H2,1-3H3. The molecule has 17 heavy (non-hydrogen) atoms. The second-order valence-corrected chi connectivity index (χ2v) is 4.82. The van der Waals surface area contributed by atoms with Crippen molar-refractivity contribution in [1.82, 2.24) is 5.32 Å². The molecule has 1 N–H and O–H groups in total.